The van der Waals surface area contributed by atoms with Crippen LogP contribution in [0.25, 0.3) is 0 Å². The van der Waals surface area contributed by atoms with E-state index in [2.05, 4.69) is 10.8 Å². The van der Waals surface area contributed by atoms with Gasteiger partial charge in [-0.1, -0.05) is 5.92 Å². The second-order valence-electron chi connectivity index (χ2n) is 7.27. The summed E-state index contributed by atoms with van der Waals surface area (Å²) in [4.78, 5) is 27.8. The summed E-state index contributed by atoms with van der Waals surface area (Å²) in [5.41, 5.74) is 5.33. The Morgan fingerprint density at radius 3 is 2.52 bits per heavy atom. The summed E-state index contributed by atoms with van der Waals surface area (Å²) in [7, 11) is 0. The molecule has 0 atom stereocenters. The van der Waals surface area contributed by atoms with Gasteiger partial charge < -0.3 is 15.4 Å². The zero-order chi connectivity index (χ0) is 16.4. The number of nitrogens with zero attached hydrogens (tertiary/aromatic N) is 2. The average molecular weight is 319 g/mol. The van der Waals surface area contributed by atoms with Gasteiger partial charge >= 0.3 is 6.09 Å². The highest BCUT2D eigenvalue weighted by molar-refractivity contribution is 5.79. The number of rotatable bonds is 3. The molecule has 3 fully saturated rings. The normalized spacial score (nSPS) is 29.8. The highest BCUT2D eigenvalue weighted by atomic mass is 16.6. The molecule has 0 aromatic rings. The van der Waals surface area contributed by atoms with E-state index < -0.39 is 6.09 Å². The number of likely N-dealkylation sites (tertiary alicyclic amines) is 2. The van der Waals surface area contributed by atoms with Crippen LogP contribution in [0.3, 0.4) is 0 Å². The van der Waals surface area contributed by atoms with E-state index in [-0.39, 0.29) is 23.3 Å². The number of hydrogen-bond acceptors (Lipinski definition) is 4. The molecule has 2 saturated heterocycles. The van der Waals surface area contributed by atoms with Crippen LogP contribution in [-0.2, 0) is 9.53 Å². The van der Waals surface area contributed by atoms with Crippen LogP contribution < -0.4 is 5.73 Å². The molecule has 2 heterocycles. The molecule has 1 saturated carbocycles. The van der Waals surface area contributed by atoms with Crippen LogP contribution in [0, 0.1) is 23.7 Å². The smallest absolute Gasteiger partial charge is 0.404 e. The molecule has 2 aliphatic heterocycles. The third-order valence-electron chi connectivity index (χ3n) is 5.49. The van der Waals surface area contributed by atoms with Crippen molar-refractivity contribution in [2.75, 3.05) is 32.7 Å². The topological polar surface area (TPSA) is 75.9 Å². The van der Waals surface area contributed by atoms with Gasteiger partial charge in [0.2, 0.25) is 5.91 Å². The van der Waals surface area contributed by atoms with Crippen LogP contribution in [-0.4, -0.2) is 60.6 Å². The molecule has 3 rings (SSSR count). The van der Waals surface area contributed by atoms with Crippen molar-refractivity contribution in [1.29, 1.82) is 0 Å². The lowest BCUT2D eigenvalue weighted by Crippen LogP contribution is -2.57. The summed E-state index contributed by atoms with van der Waals surface area (Å²) in [6.45, 7) is 4.46. The third kappa shape index (κ3) is 3.45. The van der Waals surface area contributed by atoms with Gasteiger partial charge in [-0.3, -0.25) is 9.69 Å². The van der Waals surface area contributed by atoms with Crippen LogP contribution in [0.1, 0.15) is 32.1 Å². The van der Waals surface area contributed by atoms with Gasteiger partial charge in [0.25, 0.3) is 0 Å². The Hall–Kier alpha value is -1.74. The predicted octanol–water partition coefficient (Wildman–Crippen LogP) is 0.808. The van der Waals surface area contributed by atoms with E-state index in [1.807, 2.05) is 4.90 Å². The SMILES string of the molecule is C#CCN1CC2(CCN(C(=O)[C@H]3CC[C@H](OC(N)=O)CC3)C2)C1. The molecule has 1 spiro atoms. The highest BCUT2D eigenvalue weighted by Crippen LogP contribution is 2.40. The van der Waals surface area contributed by atoms with E-state index >= 15 is 0 Å². The minimum atomic E-state index is -0.720. The summed E-state index contributed by atoms with van der Waals surface area (Å²) in [5.74, 6) is 3.02. The van der Waals surface area contributed by atoms with E-state index in [4.69, 9.17) is 16.9 Å². The van der Waals surface area contributed by atoms with Crippen LogP contribution >= 0.6 is 0 Å². The fraction of sp³-hybridized carbons (Fsp3) is 0.765. The number of terminal acetylenes is 1. The molecule has 2 N–H and O–H groups in total. The van der Waals surface area contributed by atoms with Crippen molar-refractivity contribution in [1.82, 2.24) is 9.80 Å². The maximum absolute atomic E-state index is 12.7. The van der Waals surface area contributed by atoms with Crippen LogP contribution in [0.2, 0.25) is 0 Å². The first-order chi connectivity index (χ1) is 11.0. The molecule has 0 aromatic heterocycles. The molecule has 23 heavy (non-hydrogen) atoms. The van der Waals surface area contributed by atoms with Crippen molar-refractivity contribution in [2.45, 2.75) is 38.2 Å². The van der Waals surface area contributed by atoms with Crippen molar-refractivity contribution < 1.29 is 14.3 Å². The number of carbonyl (C=O) groups excluding carboxylic acids is 2. The first-order valence-electron chi connectivity index (χ1n) is 8.42. The molecule has 0 aromatic carbocycles. The Kier molecular flexibility index (Phi) is 4.49. The number of primary amides is 1. The molecular formula is C17H25N3O3. The molecule has 1 aliphatic carbocycles. The number of amides is 2. The molecule has 126 valence electrons. The molecule has 2 amide bonds. The molecule has 6 nitrogen and oxygen atoms in total. The third-order valence-corrected chi connectivity index (χ3v) is 5.49. The first kappa shape index (κ1) is 16.1. The summed E-state index contributed by atoms with van der Waals surface area (Å²) in [6.07, 6.45) is 8.61. The number of ether oxygens (including phenoxy) is 1. The van der Waals surface area contributed by atoms with E-state index in [0.29, 0.717) is 6.54 Å². The molecule has 6 heteroatoms. The molecular weight excluding hydrogens is 294 g/mol. The van der Waals surface area contributed by atoms with Crippen molar-refractivity contribution in [3.05, 3.63) is 0 Å². The standard InChI is InChI=1S/C17H25N3O3/c1-2-8-19-10-17(11-19)7-9-20(12-17)15(21)13-3-5-14(6-4-13)23-16(18)22/h1,13-14H,3-12H2,(H2,18,22)/t13-,14-. The summed E-state index contributed by atoms with van der Waals surface area (Å²) < 4.78 is 5.03. The van der Waals surface area contributed by atoms with Gasteiger partial charge in [-0.25, -0.2) is 4.79 Å². The fourth-order valence-electron chi connectivity index (χ4n) is 4.37. The largest absolute Gasteiger partial charge is 0.446 e. The van der Waals surface area contributed by atoms with Gasteiger partial charge in [0, 0.05) is 37.5 Å². The Morgan fingerprint density at radius 1 is 1.22 bits per heavy atom. The van der Waals surface area contributed by atoms with Gasteiger partial charge in [-0.05, 0) is 32.1 Å². The number of carbonyl (C=O) groups is 2. The first-order valence-corrected chi connectivity index (χ1v) is 8.42. The van der Waals surface area contributed by atoms with Crippen LogP contribution in [0.5, 0.6) is 0 Å². The van der Waals surface area contributed by atoms with Crippen molar-refractivity contribution in [3.63, 3.8) is 0 Å². The van der Waals surface area contributed by atoms with Crippen molar-refractivity contribution in [2.24, 2.45) is 17.1 Å². The summed E-state index contributed by atoms with van der Waals surface area (Å²) in [5, 5.41) is 0. The Balaban J connectivity index is 1.45. The number of hydrogen-bond donors (Lipinski definition) is 1. The Bertz CT molecular complexity index is 514. The Labute approximate surface area is 137 Å². The minimum absolute atomic E-state index is 0.0692. The molecule has 3 aliphatic rings. The number of nitrogens with two attached hydrogens (primary N) is 1. The van der Waals surface area contributed by atoms with Gasteiger partial charge in [0.05, 0.1) is 6.54 Å². The monoisotopic (exact) mass is 319 g/mol. The maximum atomic E-state index is 12.7. The van der Waals surface area contributed by atoms with Gasteiger partial charge in [0.15, 0.2) is 0 Å². The van der Waals surface area contributed by atoms with Gasteiger partial charge in [-0.15, -0.1) is 6.42 Å². The summed E-state index contributed by atoms with van der Waals surface area (Å²) in [6, 6.07) is 0. The van der Waals surface area contributed by atoms with E-state index in [9.17, 15) is 9.59 Å². The lowest BCUT2D eigenvalue weighted by atomic mass is 9.79. The summed E-state index contributed by atoms with van der Waals surface area (Å²) >= 11 is 0. The zero-order valence-electron chi connectivity index (χ0n) is 13.5. The second-order valence-corrected chi connectivity index (χ2v) is 7.27. The van der Waals surface area contributed by atoms with E-state index in [0.717, 1.165) is 58.3 Å². The van der Waals surface area contributed by atoms with Crippen molar-refractivity contribution in [3.8, 4) is 12.3 Å². The lowest BCUT2D eigenvalue weighted by Gasteiger charge is -2.47. The highest BCUT2D eigenvalue weighted by Gasteiger charge is 2.49. The lowest BCUT2D eigenvalue weighted by molar-refractivity contribution is -0.137. The van der Waals surface area contributed by atoms with Crippen LogP contribution in [0.15, 0.2) is 0 Å². The predicted molar refractivity (Wildman–Crippen MR) is 85.3 cm³/mol. The molecule has 0 unspecified atom stereocenters. The Morgan fingerprint density at radius 2 is 1.91 bits per heavy atom. The average Bonchev–Trinajstić information content (AvgIpc) is 2.92. The minimum Gasteiger partial charge on any atom is -0.446 e. The van der Waals surface area contributed by atoms with Gasteiger partial charge in [0.1, 0.15) is 6.10 Å². The molecule has 0 bridgehead atoms. The zero-order valence-corrected chi connectivity index (χ0v) is 13.5. The quantitative estimate of drug-likeness (QED) is 0.781. The van der Waals surface area contributed by atoms with Gasteiger partial charge in [-0.2, -0.15) is 0 Å². The maximum Gasteiger partial charge on any atom is 0.404 e. The second kappa shape index (κ2) is 6.40. The van der Waals surface area contributed by atoms with E-state index in [1.54, 1.807) is 0 Å². The van der Waals surface area contributed by atoms with Crippen LogP contribution in [0.4, 0.5) is 4.79 Å². The van der Waals surface area contributed by atoms with Crippen molar-refractivity contribution >= 4 is 12.0 Å². The molecule has 0 radical (unpaired) electrons. The fourth-order valence-corrected chi connectivity index (χ4v) is 4.37. The van der Waals surface area contributed by atoms with E-state index in [1.165, 1.54) is 0 Å².